The number of para-hydroxylation sites is 1. The molecule has 35 heavy (non-hydrogen) atoms. The zero-order chi connectivity index (χ0) is 26.1. The van der Waals surface area contributed by atoms with Crippen LogP contribution in [0.1, 0.15) is 85.5 Å². The second kappa shape index (κ2) is 13.4. The van der Waals surface area contributed by atoms with E-state index in [-0.39, 0.29) is 29.6 Å². The Morgan fingerprint density at radius 1 is 1.11 bits per heavy atom. The van der Waals surface area contributed by atoms with Gasteiger partial charge in [-0.1, -0.05) is 69.9 Å². The van der Waals surface area contributed by atoms with Crippen LogP contribution in [0.3, 0.4) is 0 Å². The molecule has 5 nitrogen and oxygen atoms in total. The Hall–Kier alpha value is -1.92. The van der Waals surface area contributed by atoms with Gasteiger partial charge in [0.25, 0.3) is 0 Å². The van der Waals surface area contributed by atoms with E-state index in [2.05, 4.69) is 46.9 Å². The highest BCUT2D eigenvalue weighted by atomic mass is 28.4. The van der Waals surface area contributed by atoms with Crippen molar-refractivity contribution in [3.05, 3.63) is 42.0 Å². The summed E-state index contributed by atoms with van der Waals surface area (Å²) in [6.07, 6.45) is 8.83. The van der Waals surface area contributed by atoms with Crippen LogP contribution in [0.4, 0.5) is 0 Å². The van der Waals surface area contributed by atoms with Gasteiger partial charge in [-0.25, -0.2) is 0 Å². The summed E-state index contributed by atoms with van der Waals surface area (Å²) in [4.78, 5) is 23.3. The first-order chi connectivity index (χ1) is 16.4. The summed E-state index contributed by atoms with van der Waals surface area (Å²) < 4.78 is 13.1. The third kappa shape index (κ3) is 9.57. The second-order valence-electron chi connectivity index (χ2n) is 11.4. The number of hydrogen-bond donors (Lipinski definition) is 1. The zero-order valence-electron chi connectivity index (χ0n) is 22.6. The number of carbonyl (C=O) groups is 2. The highest BCUT2D eigenvalue weighted by Gasteiger charge is 2.41. The molecule has 0 amide bonds. The Kier molecular flexibility index (Phi) is 11.2. The molecule has 196 valence electrons. The average molecular weight is 503 g/mol. The zero-order valence-corrected chi connectivity index (χ0v) is 23.6. The van der Waals surface area contributed by atoms with E-state index in [1.165, 1.54) is 5.57 Å². The topological polar surface area (TPSA) is 72.8 Å². The van der Waals surface area contributed by atoms with E-state index < -0.39 is 14.3 Å². The third-order valence-corrected chi connectivity index (χ3v) is 12.1. The lowest BCUT2D eigenvalue weighted by atomic mass is 9.90. The number of allylic oxidation sites excluding steroid dienone is 2. The first kappa shape index (κ1) is 29.3. The number of ether oxygens (including phenoxy) is 1. The molecule has 0 bridgehead atoms. The maximum atomic E-state index is 12.6. The van der Waals surface area contributed by atoms with E-state index in [9.17, 15) is 9.59 Å². The van der Waals surface area contributed by atoms with Crippen molar-refractivity contribution in [3.8, 4) is 5.75 Å². The van der Waals surface area contributed by atoms with Crippen molar-refractivity contribution in [2.75, 3.05) is 0 Å². The van der Waals surface area contributed by atoms with Crippen LogP contribution in [0.15, 0.2) is 42.0 Å². The summed E-state index contributed by atoms with van der Waals surface area (Å²) >= 11 is 0. The van der Waals surface area contributed by atoms with E-state index in [0.29, 0.717) is 18.6 Å². The molecule has 0 saturated heterocycles. The van der Waals surface area contributed by atoms with Crippen LogP contribution >= 0.6 is 0 Å². The Morgan fingerprint density at radius 2 is 1.77 bits per heavy atom. The third-order valence-electron chi connectivity index (χ3n) is 7.59. The summed E-state index contributed by atoms with van der Waals surface area (Å²) in [5, 5.41) is 8.88. The van der Waals surface area contributed by atoms with Gasteiger partial charge in [-0.15, -0.1) is 0 Å². The van der Waals surface area contributed by atoms with Gasteiger partial charge >= 0.3 is 5.97 Å². The maximum absolute atomic E-state index is 12.6. The van der Waals surface area contributed by atoms with Crippen LogP contribution in [0.2, 0.25) is 18.1 Å². The molecule has 1 aliphatic carbocycles. The number of aliphatic carboxylic acids is 1. The van der Waals surface area contributed by atoms with Gasteiger partial charge in [0.05, 0.1) is 6.10 Å². The molecule has 1 aromatic rings. The number of rotatable bonds is 15. The monoisotopic (exact) mass is 502 g/mol. The van der Waals surface area contributed by atoms with Crippen molar-refractivity contribution in [3.63, 3.8) is 0 Å². The molecular weight excluding hydrogens is 456 g/mol. The van der Waals surface area contributed by atoms with E-state index in [4.69, 9.17) is 14.3 Å². The van der Waals surface area contributed by atoms with Crippen LogP contribution in [0, 0.1) is 5.92 Å². The molecule has 6 heteroatoms. The molecule has 1 N–H and O–H groups in total. The molecule has 0 spiro atoms. The number of ketones is 1. The lowest BCUT2D eigenvalue weighted by molar-refractivity contribution is -0.137. The number of unbranched alkanes of at least 4 members (excludes halogenated alkanes) is 3. The van der Waals surface area contributed by atoms with Crippen molar-refractivity contribution >= 4 is 20.1 Å². The fourth-order valence-corrected chi connectivity index (χ4v) is 5.79. The number of carbonyl (C=O) groups excluding carboxylic acids is 1. The van der Waals surface area contributed by atoms with Crippen molar-refractivity contribution in [2.24, 2.45) is 5.92 Å². The number of benzene rings is 1. The summed E-state index contributed by atoms with van der Waals surface area (Å²) in [6, 6.07) is 9.89. The van der Waals surface area contributed by atoms with E-state index in [0.717, 1.165) is 44.3 Å². The van der Waals surface area contributed by atoms with Crippen molar-refractivity contribution in [2.45, 2.75) is 116 Å². The normalized spacial score (nSPS) is 18.3. The molecule has 3 atom stereocenters. The Morgan fingerprint density at radius 3 is 2.40 bits per heavy atom. The van der Waals surface area contributed by atoms with Gasteiger partial charge in [0.1, 0.15) is 17.6 Å². The van der Waals surface area contributed by atoms with Gasteiger partial charge in [-0.2, -0.15) is 0 Å². The number of hydrogen-bond acceptors (Lipinski definition) is 4. The standard InChI is InChI=1S/C29H46O5Si/c1-22(33-24-14-10-9-11-15-24)27(34-35(5,6)29(2,3)4)21-19-23-18-20-26(30)25(23)16-12-7-8-13-17-28(31)32/h9-11,14-15,18,22,25,27H,7-8,12-13,16-17,19-21H2,1-6H3,(H,31,32)/t22?,25-,27+/m1/s1. The van der Waals surface area contributed by atoms with Crippen molar-refractivity contribution < 1.29 is 23.9 Å². The molecular formula is C29H46O5Si. The fraction of sp³-hybridized carbons (Fsp3) is 0.655. The first-order valence-corrected chi connectivity index (χ1v) is 16.1. The number of carboxylic acid groups (broad SMARTS) is 1. The quantitative estimate of drug-likeness (QED) is 0.152. The van der Waals surface area contributed by atoms with Gasteiger partial charge in [0.15, 0.2) is 8.32 Å². The molecule has 0 aromatic heterocycles. The molecule has 1 aromatic carbocycles. The molecule has 0 aliphatic heterocycles. The average Bonchev–Trinajstić information content (AvgIpc) is 3.12. The lowest BCUT2D eigenvalue weighted by Crippen LogP contribution is -2.47. The number of Topliss-reactive ketones (excluding diaryl/α,β-unsaturated/α-hetero) is 1. The van der Waals surface area contributed by atoms with Crippen LogP contribution in [-0.2, 0) is 14.0 Å². The van der Waals surface area contributed by atoms with Crippen LogP contribution < -0.4 is 4.74 Å². The highest BCUT2D eigenvalue weighted by molar-refractivity contribution is 6.74. The van der Waals surface area contributed by atoms with E-state index in [1.807, 2.05) is 30.3 Å². The van der Waals surface area contributed by atoms with Crippen molar-refractivity contribution in [1.29, 1.82) is 0 Å². The number of carboxylic acids is 1. The van der Waals surface area contributed by atoms with Gasteiger partial charge < -0.3 is 14.3 Å². The largest absolute Gasteiger partial charge is 0.488 e. The molecule has 0 fully saturated rings. The fourth-order valence-electron chi connectivity index (χ4n) is 4.37. The molecule has 0 radical (unpaired) electrons. The Labute approximate surface area is 213 Å². The molecule has 0 heterocycles. The smallest absolute Gasteiger partial charge is 0.303 e. The van der Waals surface area contributed by atoms with Crippen LogP contribution in [0.5, 0.6) is 5.75 Å². The van der Waals surface area contributed by atoms with E-state index in [1.54, 1.807) is 0 Å². The predicted octanol–water partition coefficient (Wildman–Crippen LogP) is 7.57. The maximum Gasteiger partial charge on any atom is 0.303 e. The minimum atomic E-state index is -2.01. The molecule has 2 rings (SSSR count). The minimum Gasteiger partial charge on any atom is -0.488 e. The van der Waals surface area contributed by atoms with E-state index >= 15 is 0 Å². The first-order valence-electron chi connectivity index (χ1n) is 13.2. The SMILES string of the molecule is CC(Oc1ccccc1)[C@H](CCC1=CCC(=O)[C@@H]1CCCCCCC(=O)O)O[Si](C)(C)C(C)(C)C. The summed E-state index contributed by atoms with van der Waals surface area (Å²) in [6.45, 7) is 13.4. The van der Waals surface area contributed by atoms with Gasteiger partial charge in [-0.3, -0.25) is 9.59 Å². The Bertz CT molecular complexity index is 840. The summed E-state index contributed by atoms with van der Waals surface area (Å²) in [5.74, 6) is 0.440. The van der Waals surface area contributed by atoms with Gasteiger partial charge in [-0.05, 0) is 62.9 Å². The molecule has 0 saturated carbocycles. The lowest BCUT2D eigenvalue weighted by Gasteiger charge is -2.41. The van der Waals surface area contributed by atoms with Crippen LogP contribution in [-0.4, -0.2) is 37.4 Å². The molecule has 1 unspecified atom stereocenters. The minimum absolute atomic E-state index is 0.00772. The second-order valence-corrected chi connectivity index (χ2v) is 16.2. The van der Waals surface area contributed by atoms with Crippen molar-refractivity contribution in [1.82, 2.24) is 0 Å². The van der Waals surface area contributed by atoms with Crippen LogP contribution in [0.25, 0.3) is 0 Å². The highest BCUT2D eigenvalue weighted by Crippen LogP contribution is 2.39. The summed E-state index contributed by atoms with van der Waals surface area (Å²) in [7, 11) is -2.01. The summed E-state index contributed by atoms with van der Waals surface area (Å²) in [5.41, 5.74) is 1.25. The molecule has 1 aliphatic rings. The Balaban J connectivity index is 1.99. The predicted molar refractivity (Wildman–Crippen MR) is 144 cm³/mol. The van der Waals surface area contributed by atoms with Gasteiger partial charge in [0, 0.05) is 18.8 Å². The van der Waals surface area contributed by atoms with Gasteiger partial charge in [0.2, 0.25) is 0 Å².